The molecule has 190 valence electrons. The molecule has 1 heterocycles. The second-order valence-corrected chi connectivity index (χ2v) is 10.8. The summed E-state index contributed by atoms with van der Waals surface area (Å²) in [6.45, 7) is 3.53. The van der Waals surface area contributed by atoms with E-state index in [4.69, 9.17) is 4.99 Å². The number of nitrogens with one attached hydrogen (secondary N) is 1. The van der Waals surface area contributed by atoms with Crippen molar-refractivity contribution in [2.75, 3.05) is 13.1 Å². The van der Waals surface area contributed by atoms with Crippen LogP contribution in [0.2, 0.25) is 12.1 Å². The summed E-state index contributed by atoms with van der Waals surface area (Å²) >= 11 is 0. The maximum Gasteiger partial charge on any atom is 0.230 e. The Kier molecular flexibility index (Phi) is 12.2. The van der Waals surface area contributed by atoms with Gasteiger partial charge in [0.05, 0.1) is 12.0 Å². The molecule has 1 aliphatic heterocycles. The van der Waals surface area contributed by atoms with Crippen molar-refractivity contribution in [1.29, 1.82) is 0 Å². The molecule has 2 saturated carbocycles. The molecule has 2 atom stereocenters. The van der Waals surface area contributed by atoms with E-state index in [-0.39, 0.29) is 23.8 Å². The van der Waals surface area contributed by atoms with E-state index in [9.17, 15) is 9.59 Å². The summed E-state index contributed by atoms with van der Waals surface area (Å²) < 4.78 is 0. The summed E-state index contributed by atoms with van der Waals surface area (Å²) in [7, 11) is 1.24. The lowest BCUT2D eigenvalue weighted by molar-refractivity contribution is -0.130. The van der Waals surface area contributed by atoms with Gasteiger partial charge in [-0.3, -0.25) is 14.6 Å². The molecule has 3 aliphatic rings. The van der Waals surface area contributed by atoms with Crippen LogP contribution in [0.15, 0.2) is 17.1 Å². The lowest BCUT2D eigenvalue weighted by Crippen LogP contribution is -2.46. The lowest BCUT2D eigenvalue weighted by Gasteiger charge is -2.29. The number of amides is 2. The predicted octanol–water partition coefficient (Wildman–Crippen LogP) is 5.82. The van der Waals surface area contributed by atoms with Crippen LogP contribution in [-0.4, -0.2) is 49.0 Å². The quantitative estimate of drug-likeness (QED) is 0.342. The van der Waals surface area contributed by atoms with E-state index in [1.807, 2.05) is 17.9 Å². The molecule has 2 aliphatic carbocycles. The van der Waals surface area contributed by atoms with E-state index >= 15 is 0 Å². The third kappa shape index (κ3) is 9.22. The van der Waals surface area contributed by atoms with Crippen LogP contribution >= 0.6 is 0 Å². The Balaban J connectivity index is 1.49. The van der Waals surface area contributed by atoms with Gasteiger partial charge in [0.2, 0.25) is 11.8 Å². The molecule has 6 heteroatoms. The Morgan fingerprint density at radius 3 is 2.35 bits per heavy atom. The highest BCUT2D eigenvalue weighted by Gasteiger charge is 2.33. The topological polar surface area (TPSA) is 61.8 Å². The van der Waals surface area contributed by atoms with E-state index in [1.54, 1.807) is 0 Å². The predicted molar refractivity (Wildman–Crippen MR) is 144 cm³/mol. The van der Waals surface area contributed by atoms with Crippen LogP contribution in [0.5, 0.6) is 0 Å². The van der Waals surface area contributed by atoms with Gasteiger partial charge >= 0.3 is 0 Å². The molecule has 3 rings (SSSR count). The highest BCUT2D eigenvalue weighted by molar-refractivity contribution is 6.37. The van der Waals surface area contributed by atoms with Gasteiger partial charge in [0.25, 0.3) is 0 Å². The lowest BCUT2D eigenvalue weighted by atomic mass is 9.58. The normalized spacial score (nSPS) is 25.1. The molecule has 0 saturated heterocycles. The van der Waals surface area contributed by atoms with E-state index in [0.717, 1.165) is 50.2 Å². The van der Waals surface area contributed by atoms with Crippen LogP contribution in [0.25, 0.3) is 0 Å². The van der Waals surface area contributed by atoms with E-state index in [2.05, 4.69) is 11.4 Å². The molecule has 1 N–H and O–H groups in total. The second-order valence-electron chi connectivity index (χ2n) is 10.8. The van der Waals surface area contributed by atoms with Crippen molar-refractivity contribution in [3.05, 3.63) is 12.2 Å². The number of aliphatic imine (C=N–C) groups is 1. The minimum atomic E-state index is 0.0250. The number of carbonyl (C=O) groups excluding carboxylic acids is 2. The Bertz CT molecular complexity index is 685. The number of hydrogen-bond donors (Lipinski definition) is 1. The van der Waals surface area contributed by atoms with Crippen molar-refractivity contribution < 1.29 is 9.59 Å². The molecule has 2 fully saturated rings. The number of carbonyl (C=O) groups is 2. The van der Waals surface area contributed by atoms with Crippen molar-refractivity contribution in [3.8, 4) is 0 Å². The fourth-order valence-corrected chi connectivity index (χ4v) is 6.03. The molecule has 0 bridgehead atoms. The van der Waals surface area contributed by atoms with E-state index < -0.39 is 0 Å². The molecule has 0 radical (unpaired) electrons. The molecule has 0 aromatic rings. The van der Waals surface area contributed by atoms with Crippen molar-refractivity contribution in [1.82, 2.24) is 10.2 Å². The monoisotopic (exact) mass is 469 g/mol. The fraction of sp³-hybridized carbons (Fsp3) is 0.821. The summed E-state index contributed by atoms with van der Waals surface area (Å²) in [5.41, 5.74) is 0. The van der Waals surface area contributed by atoms with Crippen molar-refractivity contribution in [3.63, 3.8) is 0 Å². The summed E-state index contributed by atoms with van der Waals surface area (Å²) in [5.74, 6) is 1.92. The van der Waals surface area contributed by atoms with Gasteiger partial charge in [0.1, 0.15) is 13.1 Å². The number of nitrogens with zero attached hydrogens (tertiary/aromatic N) is 2. The van der Waals surface area contributed by atoms with Crippen molar-refractivity contribution in [2.24, 2.45) is 10.9 Å². The summed E-state index contributed by atoms with van der Waals surface area (Å²) in [5, 5.41) is 3.05. The van der Waals surface area contributed by atoms with Crippen LogP contribution in [-0.2, 0) is 9.59 Å². The molecule has 34 heavy (non-hydrogen) atoms. The zero-order valence-electron chi connectivity index (χ0n) is 21.7. The molecule has 0 aromatic heterocycles. The third-order valence-corrected chi connectivity index (χ3v) is 8.16. The zero-order valence-corrected chi connectivity index (χ0v) is 21.7. The van der Waals surface area contributed by atoms with Crippen LogP contribution in [0.3, 0.4) is 0 Å². The Hall–Kier alpha value is -1.59. The number of allylic oxidation sites excluding steroid dienone is 1. The average molecular weight is 470 g/mol. The number of hydrogen-bond acceptors (Lipinski definition) is 3. The first-order valence-corrected chi connectivity index (χ1v) is 14.4. The molecule has 2 amide bonds. The minimum Gasteiger partial charge on any atom is -0.340 e. The molecule has 2 unspecified atom stereocenters. The first kappa shape index (κ1) is 27.0. The van der Waals surface area contributed by atoms with Crippen LogP contribution in [0.4, 0.5) is 0 Å². The summed E-state index contributed by atoms with van der Waals surface area (Å²) in [6.07, 6.45) is 23.8. The number of rotatable bonds is 9. The van der Waals surface area contributed by atoms with Gasteiger partial charge in [-0.25, -0.2) is 0 Å². The highest BCUT2D eigenvalue weighted by Crippen LogP contribution is 2.28. The second kappa shape index (κ2) is 15.4. The fourth-order valence-electron chi connectivity index (χ4n) is 6.03. The Morgan fingerprint density at radius 2 is 1.65 bits per heavy atom. The average Bonchev–Trinajstić information content (AvgIpc) is 2.93. The van der Waals surface area contributed by atoms with Gasteiger partial charge in [-0.1, -0.05) is 101 Å². The number of fused-ring (bicyclic) bond motifs is 1. The first-order chi connectivity index (χ1) is 16.7. The molecular formula is C28H48BN3O2. The third-order valence-electron chi connectivity index (χ3n) is 8.16. The van der Waals surface area contributed by atoms with Crippen LogP contribution in [0, 0.1) is 5.92 Å². The zero-order chi connectivity index (χ0) is 24.0. The van der Waals surface area contributed by atoms with E-state index in [0.29, 0.717) is 19.4 Å². The van der Waals surface area contributed by atoms with Gasteiger partial charge in [-0.2, -0.15) is 0 Å². The summed E-state index contributed by atoms with van der Waals surface area (Å²) in [6, 6.07) is 0.111. The molecular weight excluding hydrogens is 421 g/mol. The number of amidine groups is 1. The standard InChI is InChI=1S/C28H48BN3O2/c1-2-3-21-32(22-20-29-23-14-10-6-4-7-11-15-23)27(33)19-18-26-30-25-17-13-9-5-8-12-16-24(25)28(34)31-26/h2-3,23-25,29H,4-22H2,1H3,(H,30,31,34)/b3-2-. The smallest absolute Gasteiger partial charge is 0.230 e. The first-order valence-electron chi connectivity index (χ1n) is 14.4. The van der Waals surface area contributed by atoms with Gasteiger partial charge in [0, 0.05) is 25.9 Å². The van der Waals surface area contributed by atoms with Gasteiger partial charge in [-0.05, 0) is 19.8 Å². The van der Waals surface area contributed by atoms with Gasteiger partial charge in [-0.15, -0.1) is 0 Å². The van der Waals surface area contributed by atoms with Crippen LogP contribution < -0.4 is 5.32 Å². The Labute approximate surface area is 208 Å². The summed E-state index contributed by atoms with van der Waals surface area (Å²) in [4.78, 5) is 32.8. The maximum atomic E-state index is 13.1. The van der Waals surface area contributed by atoms with Crippen LogP contribution in [0.1, 0.15) is 110 Å². The van der Waals surface area contributed by atoms with Gasteiger partial charge in [0.15, 0.2) is 0 Å². The van der Waals surface area contributed by atoms with Crippen molar-refractivity contribution in [2.45, 2.75) is 128 Å². The van der Waals surface area contributed by atoms with Gasteiger partial charge < -0.3 is 10.2 Å². The van der Waals surface area contributed by atoms with Crippen molar-refractivity contribution >= 4 is 24.9 Å². The Morgan fingerprint density at radius 1 is 1.00 bits per heavy atom. The highest BCUT2D eigenvalue weighted by atomic mass is 16.2. The largest absolute Gasteiger partial charge is 0.340 e. The molecule has 0 aromatic carbocycles. The SMILES string of the molecule is C/C=C\CN(CCBC1CCCCCCC1)C(=O)CCC1=NC2CCCCCCCC2C(=O)N1. The van der Waals surface area contributed by atoms with E-state index in [1.165, 1.54) is 71.5 Å². The minimum absolute atomic E-state index is 0.0250. The maximum absolute atomic E-state index is 13.1. The molecule has 0 spiro atoms. The molecule has 5 nitrogen and oxygen atoms in total.